The molecule has 0 radical (unpaired) electrons. The van der Waals surface area contributed by atoms with Gasteiger partial charge in [-0.15, -0.1) is 0 Å². The summed E-state index contributed by atoms with van der Waals surface area (Å²) >= 11 is 0. The molecule has 6 heteroatoms. The number of urea groups is 1. The van der Waals surface area contributed by atoms with Gasteiger partial charge in [0.1, 0.15) is 0 Å². The highest BCUT2D eigenvalue weighted by molar-refractivity contribution is 5.75. The number of hydrogen-bond donors (Lipinski definition) is 2. The molecule has 1 saturated heterocycles. The molecule has 3 rings (SSSR count). The Morgan fingerprint density at radius 2 is 2.13 bits per heavy atom. The Labute approximate surface area is 135 Å². The van der Waals surface area contributed by atoms with Crippen molar-refractivity contribution in [2.45, 2.75) is 31.5 Å². The number of likely N-dealkylation sites (tertiary alicyclic amines) is 1. The third-order valence-corrected chi connectivity index (χ3v) is 4.26. The summed E-state index contributed by atoms with van der Waals surface area (Å²) in [6.07, 6.45) is 4.45. The summed E-state index contributed by atoms with van der Waals surface area (Å²) in [6, 6.07) is 9.48. The van der Waals surface area contributed by atoms with Gasteiger partial charge in [-0.2, -0.15) is 5.10 Å². The fourth-order valence-corrected chi connectivity index (χ4v) is 3.03. The van der Waals surface area contributed by atoms with Crippen LogP contribution in [-0.2, 0) is 20.0 Å². The minimum absolute atomic E-state index is 0.126. The van der Waals surface area contributed by atoms with Gasteiger partial charge < -0.3 is 15.3 Å². The number of aryl methyl sites for hydroxylation is 1. The van der Waals surface area contributed by atoms with Crippen molar-refractivity contribution in [3.05, 3.63) is 53.9 Å². The van der Waals surface area contributed by atoms with Gasteiger partial charge in [-0.05, 0) is 24.0 Å². The summed E-state index contributed by atoms with van der Waals surface area (Å²) in [4.78, 5) is 14.2. The number of hydrogen-bond acceptors (Lipinski definition) is 3. The largest absolute Gasteiger partial charge is 0.391 e. The van der Waals surface area contributed by atoms with Crippen LogP contribution in [0.3, 0.4) is 0 Å². The molecule has 1 aliphatic rings. The SMILES string of the molecule is Cn1cc(C[C@@H]2[C@H](O)CCN2C(=O)NCc2ccccc2)cn1. The number of carbonyl (C=O) groups is 1. The summed E-state index contributed by atoms with van der Waals surface area (Å²) in [5.74, 6) is 0. The predicted octanol–water partition coefficient (Wildman–Crippen LogP) is 1.31. The van der Waals surface area contributed by atoms with Crippen molar-refractivity contribution in [2.24, 2.45) is 7.05 Å². The molecule has 1 aromatic heterocycles. The fourth-order valence-electron chi connectivity index (χ4n) is 3.03. The molecule has 23 heavy (non-hydrogen) atoms. The van der Waals surface area contributed by atoms with E-state index in [0.29, 0.717) is 25.9 Å². The van der Waals surface area contributed by atoms with Gasteiger partial charge in [0.05, 0.1) is 18.3 Å². The van der Waals surface area contributed by atoms with E-state index in [1.54, 1.807) is 15.8 Å². The highest BCUT2D eigenvalue weighted by atomic mass is 16.3. The number of rotatable bonds is 4. The van der Waals surface area contributed by atoms with Crippen LogP contribution in [0.2, 0.25) is 0 Å². The Morgan fingerprint density at radius 1 is 1.35 bits per heavy atom. The fraction of sp³-hybridized carbons (Fsp3) is 0.412. The Morgan fingerprint density at radius 3 is 2.83 bits per heavy atom. The predicted molar refractivity (Wildman–Crippen MR) is 86.7 cm³/mol. The monoisotopic (exact) mass is 314 g/mol. The van der Waals surface area contributed by atoms with Crippen LogP contribution in [0, 0.1) is 0 Å². The minimum atomic E-state index is -0.488. The zero-order chi connectivity index (χ0) is 16.2. The first-order valence-electron chi connectivity index (χ1n) is 7.87. The smallest absolute Gasteiger partial charge is 0.318 e. The zero-order valence-electron chi connectivity index (χ0n) is 13.2. The summed E-state index contributed by atoms with van der Waals surface area (Å²) in [5, 5.41) is 17.3. The number of benzene rings is 1. The highest BCUT2D eigenvalue weighted by Gasteiger charge is 2.36. The number of nitrogens with one attached hydrogen (secondary N) is 1. The summed E-state index contributed by atoms with van der Waals surface area (Å²) < 4.78 is 1.73. The molecule has 1 aliphatic heterocycles. The van der Waals surface area contributed by atoms with E-state index in [0.717, 1.165) is 11.1 Å². The Bertz CT molecular complexity index is 656. The average Bonchev–Trinajstić information content (AvgIpc) is 3.13. The molecule has 1 aromatic carbocycles. The van der Waals surface area contributed by atoms with Crippen molar-refractivity contribution in [3.63, 3.8) is 0 Å². The van der Waals surface area contributed by atoms with Crippen molar-refractivity contribution in [2.75, 3.05) is 6.54 Å². The van der Waals surface area contributed by atoms with Gasteiger partial charge in [0, 0.05) is 26.3 Å². The van der Waals surface area contributed by atoms with Gasteiger partial charge in [-0.1, -0.05) is 30.3 Å². The molecule has 1 fully saturated rings. The molecule has 2 aromatic rings. The minimum Gasteiger partial charge on any atom is -0.391 e. The number of amides is 2. The lowest BCUT2D eigenvalue weighted by Crippen LogP contribution is -2.46. The Balaban J connectivity index is 1.61. The lowest BCUT2D eigenvalue weighted by Gasteiger charge is -2.26. The van der Waals surface area contributed by atoms with E-state index in [1.165, 1.54) is 0 Å². The molecule has 2 N–H and O–H groups in total. The van der Waals surface area contributed by atoms with Crippen LogP contribution < -0.4 is 5.32 Å². The van der Waals surface area contributed by atoms with Crippen LogP contribution in [0.1, 0.15) is 17.5 Å². The van der Waals surface area contributed by atoms with Gasteiger partial charge in [0.15, 0.2) is 0 Å². The third kappa shape index (κ3) is 3.71. The first kappa shape index (κ1) is 15.6. The molecule has 0 spiro atoms. The number of aliphatic hydroxyl groups is 1. The van der Waals surface area contributed by atoms with Gasteiger partial charge in [-0.25, -0.2) is 4.79 Å². The maximum Gasteiger partial charge on any atom is 0.318 e. The van der Waals surface area contributed by atoms with E-state index >= 15 is 0 Å². The maximum atomic E-state index is 12.5. The second-order valence-electron chi connectivity index (χ2n) is 5.99. The average molecular weight is 314 g/mol. The maximum absolute atomic E-state index is 12.5. The van der Waals surface area contributed by atoms with E-state index in [1.807, 2.05) is 43.6 Å². The Kier molecular flexibility index (Phi) is 4.62. The van der Waals surface area contributed by atoms with Crippen molar-refractivity contribution < 1.29 is 9.90 Å². The van der Waals surface area contributed by atoms with Gasteiger partial charge in [0.2, 0.25) is 0 Å². The molecule has 0 unspecified atom stereocenters. The standard InChI is InChI=1S/C17H22N4O2/c1-20-12-14(11-19-20)9-15-16(22)7-8-21(15)17(23)18-10-13-5-3-2-4-6-13/h2-6,11-12,15-16,22H,7-10H2,1H3,(H,18,23)/t15-,16-/m1/s1. The van der Waals surface area contributed by atoms with Crippen LogP contribution in [-0.4, -0.2) is 44.5 Å². The number of nitrogens with zero attached hydrogens (tertiary/aromatic N) is 3. The topological polar surface area (TPSA) is 70.4 Å². The number of carbonyl (C=O) groups excluding carboxylic acids is 1. The van der Waals surface area contributed by atoms with E-state index < -0.39 is 6.10 Å². The zero-order valence-corrected chi connectivity index (χ0v) is 13.2. The number of aromatic nitrogens is 2. The molecule has 2 heterocycles. The third-order valence-electron chi connectivity index (χ3n) is 4.26. The second kappa shape index (κ2) is 6.83. The molecular formula is C17H22N4O2. The molecule has 122 valence electrons. The lowest BCUT2D eigenvalue weighted by atomic mass is 10.1. The normalized spacial score (nSPS) is 20.7. The Hall–Kier alpha value is -2.34. The van der Waals surface area contributed by atoms with Crippen molar-refractivity contribution in [3.8, 4) is 0 Å². The first-order valence-corrected chi connectivity index (χ1v) is 7.87. The summed E-state index contributed by atoms with van der Waals surface area (Å²) in [7, 11) is 1.86. The van der Waals surface area contributed by atoms with E-state index in [-0.39, 0.29) is 12.1 Å². The molecule has 2 atom stereocenters. The molecule has 0 bridgehead atoms. The second-order valence-corrected chi connectivity index (χ2v) is 5.99. The first-order chi connectivity index (χ1) is 11.1. The summed E-state index contributed by atoms with van der Waals surface area (Å²) in [6.45, 7) is 1.07. The van der Waals surface area contributed by atoms with Crippen molar-refractivity contribution >= 4 is 6.03 Å². The highest BCUT2D eigenvalue weighted by Crippen LogP contribution is 2.22. The summed E-state index contributed by atoms with van der Waals surface area (Å²) in [5.41, 5.74) is 2.09. The number of aliphatic hydroxyl groups excluding tert-OH is 1. The van der Waals surface area contributed by atoms with E-state index in [9.17, 15) is 9.90 Å². The quantitative estimate of drug-likeness (QED) is 0.894. The molecule has 0 aliphatic carbocycles. The molecule has 0 saturated carbocycles. The van der Waals surface area contributed by atoms with Gasteiger partial charge in [-0.3, -0.25) is 4.68 Å². The van der Waals surface area contributed by atoms with Gasteiger partial charge >= 0.3 is 6.03 Å². The van der Waals surface area contributed by atoms with Crippen molar-refractivity contribution in [1.82, 2.24) is 20.0 Å². The van der Waals surface area contributed by atoms with Crippen LogP contribution >= 0.6 is 0 Å². The van der Waals surface area contributed by atoms with E-state index in [2.05, 4.69) is 10.4 Å². The van der Waals surface area contributed by atoms with Crippen LogP contribution in [0.15, 0.2) is 42.7 Å². The van der Waals surface area contributed by atoms with E-state index in [4.69, 9.17) is 0 Å². The lowest BCUT2D eigenvalue weighted by molar-refractivity contribution is 0.122. The van der Waals surface area contributed by atoms with Crippen LogP contribution in [0.25, 0.3) is 0 Å². The van der Waals surface area contributed by atoms with Crippen molar-refractivity contribution in [1.29, 1.82) is 0 Å². The van der Waals surface area contributed by atoms with Crippen LogP contribution in [0.5, 0.6) is 0 Å². The molecule has 6 nitrogen and oxygen atoms in total. The molecule has 2 amide bonds. The van der Waals surface area contributed by atoms with Gasteiger partial charge in [0.25, 0.3) is 0 Å². The van der Waals surface area contributed by atoms with Crippen LogP contribution in [0.4, 0.5) is 4.79 Å². The molecular weight excluding hydrogens is 292 g/mol.